The average Bonchev–Trinajstić information content (AvgIpc) is 2.33. The van der Waals surface area contributed by atoms with E-state index in [1.165, 1.54) is 24.5 Å². The van der Waals surface area contributed by atoms with Crippen LogP contribution < -0.4 is 11.3 Å². The number of alkyl halides is 3. The molecule has 20 heavy (non-hydrogen) atoms. The Labute approximate surface area is 112 Å². The van der Waals surface area contributed by atoms with Gasteiger partial charge in [0.15, 0.2) is 0 Å². The van der Waals surface area contributed by atoms with E-state index in [9.17, 15) is 18.0 Å². The molecule has 0 fully saturated rings. The molecule has 7 heteroatoms. The molecule has 0 amide bonds. The number of nitrogen functional groups attached to an aromatic ring is 1. The first-order valence-corrected chi connectivity index (χ1v) is 5.76. The molecule has 0 aliphatic rings. The maximum absolute atomic E-state index is 12.9. The average molecular weight is 283 g/mol. The molecular formula is C13H12F3N3O. The Balaban J connectivity index is 2.46. The van der Waals surface area contributed by atoms with Gasteiger partial charge in [0, 0.05) is 17.4 Å². The summed E-state index contributed by atoms with van der Waals surface area (Å²) >= 11 is 0. The Bertz CT molecular complexity index is 692. The number of rotatable bonds is 2. The minimum Gasteiger partial charge on any atom is -0.399 e. The highest BCUT2D eigenvalue weighted by Crippen LogP contribution is 2.33. The van der Waals surface area contributed by atoms with Gasteiger partial charge in [-0.3, -0.25) is 9.36 Å². The van der Waals surface area contributed by atoms with E-state index in [-0.39, 0.29) is 17.8 Å². The van der Waals surface area contributed by atoms with Crippen LogP contribution >= 0.6 is 0 Å². The zero-order valence-electron chi connectivity index (χ0n) is 10.6. The third-order valence-electron chi connectivity index (χ3n) is 2.80. The zero-order chi connectivity index (χ0) is 14.9. The van der Waals surface area contributed by atoms with Crippen molar-refractivity contribution < 1.29 is 13.2 Å². The summed E-state index contributed by atoms with van der Waals surface area (Å²) in [6.07, 6.45) is -3.29. The molecule has 0 aliphatic carbocycles. The van der Waals surface area contributed by atoms with Gasteiger partial charge in [0.2, 0.25) is 0 Å². The largest absolute Gasteiger partial charge is 0.416 e. The second-order valence-corrected chi connectivity index (χ2v) is 4.41. The number of nitrogens with two attached hydrogens (primary N) is 1. The minimum absolute atomic E-state index is 0.0236. The topological polar surface area (TPSA) is 60.9 Å². The molecule has 0 bridgehead atoms. The van der Waals surface area contributed by atoms with Gasteiger partial charge in [-0.15, -0.1) is 0 Å². The number of hydrogen-bond donors (Lipinski definition) is 1. The summed E-state index contributed by atoms with van der Waals surface area (Å²) in [6, 6.07) is 4.77. The van der Waals surface area contributed by atoms with Gasteiger partial charge in [-0.05, 0) is 24.6 Å². The summed E-state index contributed by atoms with van der Waals surface area (Å²) < 4.78 is 39.9. The number of halogens is 3. The van der Waals surface area contributed by atoms with Gasteiger partial charge in [0.25, 0.3) is 5.56 Å². The summed E-state index contributed by atoms with van der Waals surface area (Å²) in [5, 5.41) is 0. The highest BCUT2D eigenvalue weighted by Gasteiger charge is 2.33. The summed E-state index contributed by atoms with van der Waals surface area (Å²) in [6.45, 7) is 1.43. The summed E-state index contributed by atoms with van der Waals surface area (Å²) in [5.74, 6) is 0. The van der Waals surface area contributed by atoms with Crippen molar-refractivity contribution in [1.29, 1.82) is 0 Å². The van der Waals surface area contributed by atoms with Crippen molar-refractivity contribution in [2.24, 2.45) is 0 Å². The van der Waals surface area contributed by atoms with Crippen molar-refractivity contribution in [1.82, 2.24) is 9.55 Å². The van der Waals surface area contributed by atoms with Crippen molar-refractivity contribution >= 4 is 5.69 Å². The number of aromatic nitrogens is 2. The summed E-state index contributed by atoms with van der Waals surface area (Å²) in [4.78, 5) is 15.6. The van der Waals surface area contributed by atoms with Gasteiger partial charge in [-0.2, -0.15) is 13.2 Å². The standard InChI is InChI=1S/C13H12F3N3O/c1-8-4-12(20)19(7-18-8)6-9-2-3-10(17)5-11(9)13(14,15)16/h2-5,7H,6,17H2,1H3. The van der Waals surface area contributed by atoms with Crippen LogP contribution in [0.2, 0.25) is 0 Å². The molecule has 0 spiro atoms. The van der Waals surface area contributed by atoms with Crippen LogP contribution in [0.3, 0.4) is 0 Å². The van der Waals surface area contributed by atoms with E-state index in [1.54, 1.807) is 6.92 Å². The molecule has 1 aromatic carbocycles. The van der Waals surface area contributed by atoms with E-state index in [0.29, 0.717) is 5.69 Å². The van der Waals surface area contributed by atoms with Crippen LogP contribution in [0.1, 0.15) is 16.8 Å². The van der Waals surface area contributed by atoms with Gasteiger partial charge >= 0.3 is 6.18 Å². The summed E-state index contributed by atoms with van der Waals surface area (Å²) in [5.41, 5.74) is 4.65. The van der Waals surface area contributed by atoms with Crippen LogP contribution in [0, 0.1) is 6.92 Å². The fraction of sp³-hybridized carbons (Fsp3) is 0.231. The maximum Gasteiger partial charge on any atom is 0.416 e. The molecule has 0 unspecified atom stereocenters. The van der Waals surface area contributed by atoms with E-state index >= 15 is 0 Å². The monoisotopic (exact) mass is 283 g/mol. The Morgan fingerprint density at radius 3 is 2.60 bits per heavy atom. The van der Waals surface area contributed by atoms with Crippen LogP contribution in [0.4, 0.5) is 18.9 Å². The van der Waals surface area contributed by atoms with Gasteiger partial charge in [-0.25, -0.2) is 4.98 Å². The van der Waals surface area contributed by atoms with Gasteiger partial charge < -0.3 is 5.73 Å². The van der Waals surface area contributed by atoms with Gasteiger partial charge in [-0.1, -0.05) is 6.07 Å². The van der Waals surface area contributed by atoms with E-state index in [2.05, 4.69) is 4.98 Å². The van der Waals surface area contributed by atoms with Crippen LogP contribution in [0.5, 0.6) is 0 Å². The van der Waals surface area contributed by atoms with Crippen molar-refractivity contribution in [3.05, 3.63) is 57.8 Å². The Morgan fingerprint density at radius 2 is 2.00 bits per heavy atom. The molecule has 2 rings (SSSR count). The highest BCUT2D eigenvalue weighted by atomic mass is 19.4. The van der Waals surface area contributed by atoms with Crippen molar-refractivity contribution in [2.45, 2.75) is 19.6 Å². The first-order chi connectivity index (χ1) is 9.27. The van der Waals surface area contributed by atoms with Crippen molar-refractivity contribution in [3.8, 4) is 0 Å². The van der Waals surface area contributed by atoms with E-state index in [4.69, 9.17) is 5.73 Å². The number of benzene rings is 1. The lowest BCUT2D eigenvalue weighted by atomic mass is 10.1. The normalized spacial score (nSPS) is 11.6. The molecule has 106 valence electrons. The summed E-state index contributed by atoms with van der Waals surface area (Å²) in [7, 11) is 0. The molecule has 4 nitrogen and oxygen atoms in total. The van der Waals surface area contributed by atoms with Gasteiger partial charge in [0.1, 0.15) is 0 Å². The quantitative estimate of drug-likeness (QED) is 0.859. The van der Waals surface area contributed by atoms with Crippen LogP contribution in [-0.4, -0.2) is 9.55 Å². The molecule has 0 aliphatic heterocycles. The molecular weight excluding hydrogens is 271 g/mol. The Morgan fingerprint density at radius 1 is 1.30 bits per heavy atom. The first-order valence-electron chi connectivity index (χ1n) is 5.76. The zero-order valence-corrected chi connectivity index (χ0v) is 10.6. The van der Waals surface area contributed by atoms with Crippen LogP contribution in [0.15, 0.2) is 35.4 Å². The first kappa shape index (κ1) is 14.1. The molecule has 0 saturated carbocycles. The lowest BCUT2D eigenvalue weighted by molar-refractivity contribution is -0.138. The van der Waals surface area contributed by atoms with Crippen molar-refractivity contribution in [2.75, 3.05) is 5.73 Å². The molecule has 2 N–H and O–H groups in total. The van der Waals surface area contributed by atoms with E-state index < -0.39 is 17.3 Å². The molecule has 0 radical (unpaired) electrons. The number of hydrogen-bond acceptors (Lipinski definition) is 3. The molecule has 2 aromatic rings. The minimum atomic E-state index is -4.52. The predicted molar refractivity (Wildman–Crippen MR) is 68.2 cm³/mol. The van der Waals surface area contributed by atoms with E-state index in [1.807, 2.05) is 0 Å². The van der Waals surface area contributed by atoms with Gasteiger partial charge in [0.05, 0.1) is 18.4 Å². The highest BCUT2D eigenvalue weighted by molar-refractivity contribution is 5.46. The fourth-order valence-corrected chi connectivity index (χ4v) is 1.81. The lowest BCUT2D eigenvalue weighted by Crippen LogP contribution is -2.22. The number of aryl methyl sites for hydroxylation is 1. The molecule has 1 aromatic heterocycles. The molecule has 0 atom stereocenters. The third-order valence-corrected chi connectivity index (χ3v) is 2.80. The Kier molecular flexibility index (Phi) is 3.52. The predicted octanol–water partition coefficient (Wildman–Crippen LogP) is 2.20. The molecule has 0 saturated heterocycles. The van der Waals surface area contributed by atoms with Crippen molar-refractivity contribution in [3.63, 3.8) is 0 Å². The smallest absolute Gasteiger partial charge is 0.399 e. The lowest BCUT2D eigenvalue weighted by Gasteiger charge is -2.14. The maximum atomic E-state index is 12.9. The Hall–Kier alpha value is -2.31. The second-order valence-electron chi connectivity index (χ2n) is 4.41. The molecule has 1 heterocycles. The van der Waals surface area contributed by atoms with Crippen LogP contribution in [0.25, 0.3) is 0 Å². The number of anilines is 1. The number of nitrogens with zero attached hydrogens (tertiary/aromatic N) is 2. The van der Waals surface area contributed by atoms with Crippen LogP contribution in [-0.2, 0) is 12.7 Å². The SMILES string of the molecule is Cc1cc(=O)n(Cc2ccc(N)cc2C(F)(F)F)cn1. The van der Waals surface area contributed by atoms with E-state index in [0.717, 1.165) is 10.6 Å². The third kappa shape index (κ3) is 2.98. The second kappa shape index (κ2) is 4.99. The fourth-order valence-electron chi connectivity index (χ4n) is 1.81.